The smallest absolute Gasteiger partial charge is 0.0317 e. The second-order valence-corrected chi connectivity index (χ2v) is 5.21. The lowest BCUT2D eigenvalue weighted by molar-refractivity contribution is 0.117. The molecule has 0 amide bonds. The van der Waals surface area contributed by atoms with E-state index in [-0.39, 0.29) is 12.4 Å². The van der Waals surface area contributed by atoms with Crippen molar-refractivity contribution in [2.75, 3.05) is 12.3 Å². The van der Waals surface area contributed by atoms with Gasteiger partial charge in [0.15, 0.2) is 0 Å². The Kier molecular flexibility index (Phi) is 5.29. The molecule has 3 heteroatoms. The van der Waals surface area contributed by atoms with E-state index in [9.17, 15) is 0 Å². The first-order chi connectivity index (χ1) is 7.65. The molecule has 1 aromatic carbocycles. The molecule has 0 aliphatic carbocycles. The fourth-order valence-corrected chi connectivity index (χ4v) is 2.53. The second-order valence-electron chi connectivity index (χ2n) is 5.21. The van der Waals surface area contributed by atoms with E-state index in [0.29, 0.717) is 6.04 Å². The van der Waals surface area contributed by atoms with E-state index in [1.165, 1.54) is 24.9 Å². The number of anilines is 1. The quantitative estimate of drug-likeness (QED) is 0.821. The fraction of sp³-hybridized carbons (Fsp3) is 0.571. The van der Waals surface area contributed by atoms with Gasteiger partial charge in [0.25, 0.3) is 0 Å². The van der Waals surface area contributed by atoms with Crippen molar-refractivity contribution in [2.24, 2.45) is 5.92 Å². The molecule has 1 fully saturated rings. The fourth-order valence-electron chi connectivity index (χ4n) is 2.53. The van der Waals surface area contributed by atoms with Crippen LogP contribution in [0.15, 0.2) is 24.3 Å². The largest absolute Gasteiger partial charge is 0.399 e. The predicted molar refractivity (Wildman–Crippen MR) is 76.4 cm³/mol. The third-order valence-electron chi connectivity index (χ3n) is 3.58. The van der Waals surface area contributed by atoms with Gasteiger partial charge in [0.05, 0.1) is 0 Å². The van der Waals surface area contributed by atoms with Crippen molar-refractivity contribution in [1.29, 1.82) is 0 Å². The van der Waals surface area contributed by atoms with E-state index in [1.807, 2.05) is 12.1 Å². The zero-order chi connectivity index (χ0) is 11.5. The van der Waals surface area contributed by atoms with E-state index < -0.39 is 0 Å². The molecule has 1 saturated heterocycles. The van der Waals surface area contributed by atoms with Gasteiger partial charge in [0, 0.05) is 24.8 Å². The number of nitrogens with zero attached hydrogens (tertiary/aromatic N) is 1. The Bertz CT molecular complexity index is 354. The van der Waals surface area contributed by atoms with Gasteiger partial charge in [-0.3, -0.25) is 4.90 Å². The third kappa shape index (κ3) is 3.90. The lowest BCUT2D eigenvalue weighted by Crippen LogP contribution is -2.40. The minimum Gasteiger partial charge on any atom is -0.399 e. The van der Waals surface area contributed by atoms with Gasteiger partial charge in [-0.2, -0.15) is 0 Å². The molecule has 1 aromatic rings. The number of nitrogen functional groups attached to an aromatic ring is 1. The molecule has 2 rings (SSSR count). The molecule has 2 N–H and O–H groups in total. The number of piperidine rings is 1. The molecule has 2 atom stereocenters. The molecule has 0 saturated carbocycles. The lowest BCUT2D eigenvalue weighted by atomic mass is 9.94. The Morgan fingerprint density at radius 3 is 2.76 bits per heavy atom. The van der Waals surface area contributed by atoms with Crippen molar-refractivity contribution in [3.8, 4) is 0 Å². The van der Waals surface area contributed by atoms with Gasteiger partial charge in [-0.1, -0.05) is 19.1 Å². The van der Waals surface area contributed by atoms with Crippen LogP contribution in [0.1, 0.15) is 32.3 Å². The van der Waals surface area contributed by atoms with Gasteiger partial charge in [-0.25, -0.2) is 0 Å². The van der Waals surface area contributed by atoms with Crippen LogP contribution in [0.5, 0.6) is 0 Å². The van der Waals surface area contributed by atoms with Gasteiger partial charge in [-0.15, -0.1) is 12.4 Å². The maximum Gasteiger partial charge on any atom is 0.0317 e. The minimum absolute atomic E-state index is 0. The molecule has 2 unspecified atom stereocenters. The van der Waals surface area contributed by atoms with Crippen LogP contribution in [0.25, 0.3) is 0 Å². The van der Waals surface area contributed by atoms with Gasteiger partial charge >= 0.3 is 0 Å². The summed E-state index contributed by atoms with van der Waals surface area (Å²) in [6, 6.07) is 8.96. The number of hydrogen-bond donors (Lipinski definition) is 1. The van der Waals surface area contributed by atoms with Crippen LogP contribution >= 0.6 is 12.4 Å². The number of hydrogen-bond acceptors (Lipinski definition) is 2. The summed E-state index contributed by atoms with van der Waals surface area (Å²) < 4.78 is 0. The summed E-state index contributed by atoms with van der Waals surface area (Å²) in [5.41, 5.74) is 8.01. The topological polar surface area (TPSA) is 29.3 Å². The Morgan fingerprint density at radius 2 is 2.06 bits per heavy atom. The van der Waals surface area contributed by atoms with Crippen molar-refractivity contribution < 1.29 is 0 Å². The van der Waals surface area contributed by atoms with Crippen LogP contribution in [-0.2, 0) is 6.54 Å². The molecule has 96 valence electrons. The van der Waals surface area contributed by atoms with Gasteiger partial charge in [0.1, 0.15) is 0 Å². The first-order valence-corrected chi connectivity index (χ1v) is 6.23. The first kappa shape index (κ1) is 14.3. The molecular formula is C14H23ClN2. The minimum atomic E-state index is 0. The molecule has 0 spiro atoms. The summed E-state index contributed by atoms with van der Waals surface area (Å²) in [6.07, 6.45) is 2.69. The maximum absolute atomic E-state index is 5.81. The molecule has 1 aliphatic rings. The summed E-state index contributed by atoms with van der Waals surface area (Å²) >= 11 is 0. The van der Waals surface area contributed by atoms with Gasteiger partial charge in [-0.05, 0) is 43.4 Å². The summed E-state index contributed by atoms with van der Waals surface area (Å²) in [5.74, 6) is 0.831. The van der Waals surface area contributed by atoms with E-state index in [1.54, 1.807) is 0 Å². The monoisotopic (exact) mass is 254 g/mol. The lowest BCUT2D eigenvalue weighted by Gasteiger charge is -2.36. The van der Waals surface area contributed by atoms with Crippen LogP contribution in [0, 0.1) is 5.92 Å². The average Bonchev–Trinajstić information content (AvgIpc) is 2.24. The standard InChI is InChI=1S/C14H22N2.ClH/c1-11-6-7-12(2)16(9-11)10-13-4-3-5-14(15)8-13;/h3-5,8,11-12H,6-7,9-10,15H2,1-2H3;1H. The maximum atomic E-state index is 5.81. The highest BCUT2D eigenvalue weighted by atomic mass is 35.5. The number of likely N-dealkylation sites (tertiary alicyclic amines) is 1. The second kappa shape index (κ2) is 6.27. The third-order valence-corrected chi connectivity index (χ3v) is 3.58. The summed E-state index contributed by atoms with van der Waals surface area (Å²) in [6.45, 7) is 6.93. The number of halogens is 1. The van der Waals surface area contributed by atoms with Crippen LogP contribution in [-0.4, -0.2) is 17.5 Å². The first-order valence-electron chi connectivity index (χ1n) is 6.23. The zero-order valence-corrected chi connectivity index (χ0v) is 11.5. The average molecular weight is 255 g/mol. The SMILES string of the molecule is CC1CCC(C)N(Cc2cccc(N)c2)C1.Cl. The van der Waals surface area contributed by atoms with Crippen LogP contribution in [0.2, 0.25) is 0 Å². The Morgan fingerprint density at radius 1 is 1.29 bits per heavy atom. The van der Waals surface area contributed by atoms with Crippen LogP contribution in [0.4, 0.5) is 5.69 Å². The number of rotatable bonds is 2. The molecule has 1 aliphatic heterocycles. The van der Waals surface area contributed by atoms with Gasteiger partial charge in [0.2, 0.25) is 0 Å². The van der Waals surface area contributed by atoms with E-state index in [2.05, 4.69) is 30.9 Å². The van der Waals surface area contributed by atoms with Crippen LogP contribution < -0.4 is 5.73 Å². The molecule has 17 heavy (non-hydrogen) atoms. The van der Waals surface area contributed by atoms with Crippen molar-refractivity contribution in [1.82, 2.24) is 4.90 Å². The van der Waals surface area contributed by atoms with Crippen molar-refractivity contribution >= 4 is 18.1 Å². The highest BCUT2D eigenvalue weighted by molar-refractivity contribution is 5.85. The Balaban J connectivity index is 0.00000144. The number of nitrogens with two attached hydrogens (primary N) is 1. The predicted octanol–water partition coefficient (Wildman–Crippen LogP) is 3.31. The normalized spacial score (nSPS) is 25.3. The zero-order valence-electron chi connectivity index (χ0n) is 10.7. The van der Waals surface area contributed by atoms with Crippen molar-refractivity contribution in [3.63, 3.8) is 0 Å². The highest BCUT2D eigenvalue weighted by Crippen LogP contribution is 2.23. The van der Waals surface area contributed by atoms with Gasteiger partial charge < -0.3 is 5.73 Å². The van der Waals surface area contributed by atoms with Crippen LogP contribution in [0.3, 0.4) is 0 Å². The summed E-state index contributed by atoms with van der Waals surface area (Å²) in [5, 5.41) is 0. The Labute approximate surface area is 111 Å². The summed E-state index contributed by atoms with van der Waals surface area (Å²) in [7, 11) is 0. The molecule has 2 nitrogen and oxygen atoms in total. The number of benzene rings is 1. The molecule has 0 radical (unpaired) electrons. The molecule has 0 bridgehead atoms. The molecular weight excluding hydrogens is 232 g/mol. The van der Waals surface area contributed by atoms with E-state index >= 15 is 0 Å². The van der Waals surface area contributed by atoms with Crippen molar-refractivity contribution in [2.45, 2.75) is 39.3 Å². The molecule has 1 heterocycles. The van der Waals surface area contributed by atoms with E-state index in [0.717, 1.165) is 18.2 Å². The Hall–Kier alpha value is -0.730. The molecule has 0 aromatic heterocycles. The van der Waals surface area contributed by atoms with E-state index in [4.69, 9.17) is 5.73 Å². The van der Waals surface area contributed by atoms with Crippen molar-refractivity contribution in [3.05, 3.63) is 29.8 Å². The highest BCUT2D eigenvalue weighted by Gasteiger charge is 2.22. The summed E-state index contributed by atoms with van der Waals surface area (Å²) in [4.78, 5) is 2.57.